The summed E-state index contributed by atoms with van der Waals surface area (Å²) in [6.45, 7) is 1.78. The molecule has 6 heteroatoms. The fraction of sp³-hybridized carbons (Fsp3) is 0.417. The van der Waals surface area contributed by atoms with Gasteiger partial charge in [0, 0.05) is 12.0 Å². The molecule has 0 spiro atoms. The van der Waals surface area contributed by atoms with Crippen LogP contribution in [0.25, 0.3) is 0 Å². The van der Waals surface area contributed by atoms with Gasteiger partial charge in [0.05, 0.1) is 6.61 Å². The average Bonchev–Trinajstić information content (AvgIpc) is 2.22. The van der Waals surface area contributed by atoms with Crippen molar-refractivity contribution in [2.45, 2.75) is 25.9 Å². The average molecular weight is 260 g/mol. The van der Waals surface area contributed by atoms with Crippen molar-refractivity contribution in [3.63, 3.8) is 0 Å². The van der Waals surface area contributed by atoms with Gasteiger partial charge in [-0.1, -0.05) is 0 Å². The monoisotopic (exact) mass is 260 g/mol. The molecule has 0 amide bonds. The molecular formula is C12H15F3N2O. The predicted octanol–water partition coefficient (Wildman–Crippen LogP) is 3.00. The van der Waals surface area contributed by atoms with E-state index in [-0.39, 0.29) is 18.9 Å². The summed E-state index contributed by atoms with van der Waals surface area (Å²) in [5, 5.41) is 7.30. The number of hydrogen-bond donors (Lipinski definition) is 2. The van der Waals surface area contributed by atoms with Gasteiger partial charge in [-0.05, 0) is 37.1 Å². The van der Waals surface area contributed by atoms with Crippen molar-refractivity contribution < 1.29 is 17.9 Å². The highest BCUT2D eigenvalue weighted by Crippen LogP contribution is 2.22. The molecule has 18 heavy (non-hydrogen) atoms. The highest BCUT2D eigenvalue weighted by atomic mass is 19.4. The molecule has 0 saturated heterocycles. The SMILES string of the molecule is Cc1cc(OCCCC(F)(F)F)ccc1C(=N)N. The smallest absolute Gasteiger partial charge is 0.389 e. The van der Waals surface area contributed by atoms with E-state index in [1.807, 2.05) is 0 Å². The second kappa shape index (κ2) is 5.75. The molecular weight excluding hydrogens is 245 g/mol. The summed E-state index contributed by atoms with van der Waals surface area (Å²) in [6, 6.07) is 4.87. The Bertz CT molecular complexity index is 430. The van der Waals surface area contributed by atoms with Crippen molar-refractivity contribution in [2.75, 3.05) is 6.61 Å². The van der Waals surface area contributed by atoms with Gasteiger partial charge in [0.2, 0.25) is 0 Å². The highest BCUT2D eigenvalue weighted by Gasteiger charge is 2.26. The first-order valence-corrected chi connectivity index (χ1v) is 5.44. The number of hydrogen-bond acceptors (Lipinski definition) is 2. The number of nitrogens with two attached hydrogens (primary N) is 1. The molecule has 0 atom stereocenters. The van der Waals surface area contributed by atoms with Crippen LogP contribution in [-0.2, 0) is 0 Å². The maximum atomic E-state index is 11.9. The fourth-order valence-electron chi connectivity index (χ4n) is 1.49. The van der Waals surface area contributed by atoms with Gasteiger partial charge >= 0.3 is 6.18 Å². The Hall–Kier alpha value is -1.72. The zero-order valence-electron chi connectivity index (χ0n) is 9.97. The minimum Gasteiger partial charge on any atom is -0.494 e. The largest absolute Gasteiger partial charge is 0.494 e. The highest BCUT2D eigenvalue weighted by molar-refractivity contribution is 5.96. The van der Waals surface area contributed by atoms with Crippen molar-refractivity contribution >= 4 is 5.84 Å². The molecule has 0 aromatic heterocycles. The minimum atomic E-state index is -4.14. The van der Waals surface area contributed by atoms with Crippen LogP contribution in [0.4, 0.5) is 13.2 Å². The summed E-state index contributed by atoms with van der Waals surface area (Å²) in [6.07, 6.45) is -5.06. The Morgan fingerprint density at radius 3 is 2.56 bits per heavy atom. The maximum absolute atomic E-state index is 11.9. The number of rotatable bonds is 5. The van der Waals surface area contributed by atoms with E-state index in [9.17, 15) is 13.2 Å². The first-order valence-electron chi connectivity index (χ1n) is 5.44. The number of alkyl halides is 3. The summed E-state index contributed by atoms with van der Waals surface area (Å²) >= 11 is 0. The zero-order valence-corrected chi connectivity index (χ0v) is 9.97. The molecule has 0 bridgehead atoms. The Balaban J connectivity index is 2.49. The fourth-order valence-corrected chi connectivity index (χ4v) is 1.49. The van der Waals surface area contributed by atoms with Crippen molar-refractivity contribution in [1.29, 1.82) is 5.41 Å². The van der Waals surface area contributed by atoms with Gasteiger partial charge in [0.15, 0.2) is 0 Å². The number of amidine groups is 1. The second-order valence-electron chi connectivity index (χ2n) is 3.96. The third-order valence-corrected chi connectivity index (χ3v) is 2.36. The van der Waals surface area contributed by atoms with Crippen molar-refractivity contribution in [3.8, 4) is 5.75 Å². The van der Waals surface area contributed by atoms with Crippen LogP contribution in [0.15, 0.2) is 18.2 Å². The Labute approximate surface area is 103 Å². The van der Waals surface area contributed by atoms with Gasteiger partial charge in [-0.3, -0.25) is 5.41 Å². The number of nitrogen functional groups attached to an aromatic ring is 1. The predicted molar refractivity (Wildman–Crippen MR) is 63.0 cm³/mol. The number of aryl methyl sites for hydroxylation is 1. The van der Waals surface area contributed by atoms with Crippen LogP contribution in [0.1, 0.15) is 24.0 Å². The number of benzene rings is 1. The molecule has 1 aromatic carbocycles. The lowest BCUT2D eigenvalue weighted by Crippen LogP contribution is -2.13. The van der Waals surface area contributed by atoms with Crippen molar-refractivity contribution in [1.82, 2.24) is 0 Å². The van der Waals surface area contributed by atoms with E-state index in [0.717, 1.165) is 5.56 Å². The molecule has 0 aliphatic heterocycles. The van der Waals surface area contributed by atoms with Gasteiger partial charge in [0.1, 0.15) is 11.6 Å². The summed E-state index contributed by atoms with van der Waals surface area (Å²) in [5.41, 5.74) is 6.71. The summed E-state index contributed by atoms with van der Waals surface area (Å²) < 4.78 is 40.9. The first kappa shape index (κ1) is 14.3. The van der Waals surface area contributed by atoms with Crippen molar-refractivity contribution in [3.05, 3.63) is 29.3 Å². The van der Waals surface area contributed by atoms with Crippen LogP contribution in [0, 0.1) is 12.3 Å². The van der Waals surface area contributed by atoms with E-state index in [0.29, 0.717) is 11.3 Å². The molecule has 3 N–H and O–H groups in total. The van der Waals surface area contributed by atoms with Crippen LogP contribution in [0.3, 0.4) is 0 Å². The van der Waals surface area contributed by atoms with Gasteiger partial charge in [0.25, 0.3) is 0 Å². The normalized spacial score (nSPS) is 11.3. The molecule has 1 rings (SSSR count). The van der Waals surface area contributed by atoms with Crippen molar-refractivity contribution in [2.24, 2.45) is 5.73 Å². The first-order chi connectivity index (χ1) is 8.29. The van der Waals surface area contributed by atoms with Crippen LogP contribution in [-0.4, -0.2) is 18.6 Å². The third kappa shape index (κ3) is 4.65. The number of nitrogens with one attached hydrogen (secondary N) is 1. The quantitative estimate of drug-likeness (QED) is 0.485. The van der Waals surface area contributed by atoms with Crippen LogP contribution in [0.5, 0.6) is 5.75 Å². The van der Waals surface area contributed by atoms with Crippen LogP contribution in [0.2, 0.25) is 0 Å². The van der Waals surface area contributed by atoms with E-state index in [4.69, 9.17) is 15.9 Å². The van der Waals surface area contributed by atoms with E-state index in [1.165, 1.54) is 0 Å². The lowest BCUT2D eigenvalue weighted by Gasteiger charge is -2.10. The molecule has 0 aliphatic carbocycles. The zero-order chi connectivity index (χ0) is 13.8. The van der Waals surface area contributed by atoms with Crippen LogP contribution >= 0.6 is 0 Å². The van der Waals surface area contributed by atoms with Crippen LogP contribution < -0.4 is 10.5 Å². The molecule has 0 fully saturated rings. The summed E-state index contributed by atoms with van der Waals surface area (Å²) in [5.74, 6) is 0.441. The van der Waals surface area contributed by atoms with E-state index in [2.05, 4.69) is 0 Å². The molecule has 3 nitrogen and oxygen atoms in total. The Kier molecular flexibility index (Phi) is 4.58. The molecule has 0 saturated carbocycles. The van der Waals surface area contributed by atoms with E-state index >= 15 is 0 Å². The molecule has 0 heterocycles. The molecule has 0 radical (unpaired) electrons. The maximum Gasteiger partial charge on any atom is 0.389 e. The molecule has 0 unspecified atom stereocenters. The molecule has 1 aromatic rings. The van der Waals surface area contributed by atoms with Gasteiger partial charge in [-0.2, -0.15) is 13.2 Å². The number of ether oxygens (including phenoxy) is 1. The van der Waals surface area contributed by atoms with Gasteiger partial charge in [-0.15, -0.1) is 0 Å². The second-order valence-corrected chi connectivity index (χ2v) is 3.96. The topological polar surface area (TPSA) is 59.1 Å². The van der Waals surface area contributed by atoms with E-state index in [1.54, 1.807) is 25.1 Å². The summed E-state index contributed by atoms with van der Waals surface area (Å²) in [7, 11) is 0. The summed E-state index contributed by atoms with van der Waals surface area (Å²) in [4.78, 5) is 0. The van der Waals surface area contributed by atoms with Gasteiger partial charge < -0.3 is 10.5 Å². The lowest BCUT2D eigenvalue weighted by molar-refractivity contribution is -0.136. The Morgan fingerprint density at radius 1 is 1.39 bits per heavy atom. The standard InChI is InChI=1S/C12H15F3N2O/c1-8-7-9(3-4-10(8)11(16)17)18-6-2-5-12(13,14)15/h3-4,7H,2,5-6H2,1H3,(H3,16,17). The number of halogens is 3. The molecule has 100 valence electrons. The Morgan fingerprint density at radius 2 is 2.06 bits per heavy atom. The third-order valence-electron chi connectivity index (χ3n) is 2.36. The lowest BCUT2D eigenvalue weighted by atomic mass is 10.1. The minimum absolute atomic E-state index is 0.0123. The van der Waals surface area contributed by atoms with E-state index < -0.39 is 12.6 Å². The van der Waals surface area contributed by atoms with Gasteiger partial charge in [-0.25, -0.2) is 0 Å². The molecule has 0 aliphatic rings.